The Morgan fingerprint density at radius 2 is 1.32 bits per heavy atom. The van der Waals surface area contributed by atoms with Gasteiger partial charge < -0.3 is 9.64 Å². The molecule has 4 rings (SSSR count). The quantitative estimate of drug-likeness (QED) is 0.172. The van der Waals surface area contributed by atoms with E-state index in [9.17, 15) is 4.79 Å². The third-order valence-electron chi connectivity index (χ3n) is 5.25. The highest BCUT2D eigenvalue weighted by molar-refractivity contribution is 7.99. The van der Waals surface area contributed by atoms with Gasteiger partial charge in [0.15, 0.2) is 5.78 Å². The lowest BCUT2D eigenvalue weighted by Crippen LogP contribution is -2.17. The number of thioether (sulfide) groups is 1. The predicted octanol–water partition coefficient (Wildman–Crippen LogP) is 7.64. The van der Waals surface area contributed by atoms with Gasteiger partial charge in [0.25, 0.3) is 0 Å². The van der Waals surface area contributed by atoms with Gasteiger partial charge >= 0.3 is 0 Å². The first-order chi connectivity index (χ1) is 16.7. The first-order valence-electron chi connectivity index (χ1n) is 11.3. The summed E-state index contributed by atoms with van der Waals surface area (Å²) in [6.45, 7) is 4.06. The SMILES string of the molecule is CCOCCC(=O)c1ccc(N=Nc2ccc(N=Nc3ccc(N4CCSC4)cc3)cc2)cc1. The Hall–Kier alpha value is -3.36. The molecular weight excluding hydrogens is 446 g/mol. The number of benzene rings is 3. The normalized spacial score (nSPS) is 13.9. The fraction of sp³-hybridized carbons (Fsp3) is 0.269. The maximum Gasteiger partial charge on any atom is 0.165 e. The summed E-state index contributed by atoms with van der Waals surface area (Å²) in [5.41, 5.74) is 4.83. The molecule has 0 atom stereocenters. The molecule has 3 aromatic carbocycles. The highest BCUT2D eigenvalue weighted by atomic mass is 32.2. The van der Waals surface area contributed by atoms with Gasteiger partial charge in [0, 0.05) is 36.6 Å². The Kier molecular flexibility index (Phi) is 8.54. The molecular formula is C26H27N5O2S. The molecule has 0 aromatic heterocycles. The van der Waals surface area contributed by atoms with E-state index in [1.807, 2.05) is 55.1 Å². The minimum absolute atomic E-state index is 0.0586. The van der Waals surface area contributed by atoms with E-state index in [4.69, 9.17) is 4.74 Å². The second-order valence-corrected chi connectivity index (χ2v) is 8.73. The summed E-state index contributed by atoms with van der Waals surface area (Å²) >= 11 is 1.95. The van der Waals surface area contributed by atoms with Crippen LogP contribution in [0, 0.1) is 0 Å². The molecule has 3 aromatic rings. The molecule has 8 heteroatoms. The Morgan fingerprint density at radius 3 is 1.79 bits per heavy atom. The van der Waals surface area contributed by atoms with E-state index in [0.717, 1.165) is 23.8 Å². The van der Waals surface area contributed by atoms with Crippen molar-refractivity contribution in [3.63, 3.8) is 0 Å². The molecule has 1 fully saturated rings. The third-order valence-corrected chi connectivity index (χ3v) is 6.21. The van der Waals surface area contributed by atoms with Gasteiger partial charge in [-0.1, -0.05) is 0 Å². The molecule has 0 unspecified atom stereocenters. The van der Waals surface area contributed by atoms with E-state index < -0.39 is 0 Å². The highest BCUT2D eigenvalue weighted by Crippen LogP contribution is 2.27. The van der Waals surface area contributed by atoms with Crippen LogP contribution in [0.4, 0.5) is 28.4 Å². The lowest BCUT2D eigenvalue weighted by molar-refractivity contribution is 0.0896. The van der Waals surface area contributed by atoms with Crippen molar-refractivity contribution in [3.05, 3.63) is 78.4 Å². The molecule has 0 N–H and O–H groups in total. The molecule has 1 aliphatic heterocycles. The average molecular weight is 474 g/mol. The first kappa shape index (κ1) is 23.8. The molecule has 34 heavy (non-hydrogen) atoms. The minimum atomic E-state index is 0.0586. The summed E-state index contributed by atoms with van der Waals surface area (Å²) < 4.78 is 5.24. The van der Waals surface area contributed by atoms with Crippen LogP contribution in [-0.2, 0) is 4.74 Å². The smallest absolute Gasteiger partial charge is 0.165 e. The zero-order valence-electron chi connectivity index (χ0n) is 19.1. The number of rotatable bonds is 10. The average Bonchev–Trinajstić information content (AvgIpc) is 3.43. The van der Waals surface area contributed by atoms with Gasteiger partial charge in [-0.25, -0.2) is 0 Å². The van der Waals surface area contributed by atoms with Crippen LogP contribution >= 0.6 is 11.8 Å². The maximum absolute atomic E-state index is 12.1. The largest absolute Gasteiger partial charge is 0.381 e. The van der Waals surface area contributed by atoms with Crippen LogP contribution in [0.5, 0.6) is 0 Å². The fourth-order valence-corrected chi connectivity index (χ4v) is 4.31. The van der Waals surface area contributed by atoms with Crippen LogP contribution in [0.2, 0.25) is 0 Å². The van der Waals surface area contributed by atoms with Gasteiger partial charge in [-0.2, -0.15) is 20.5 Å². The Bertz CT molecular complexity index is 1120. The Labute approximate surface area is 204 Å². The summed E-state index contributed by atoms with van der Waals surface area (Å²) in [7, 11) is 0. The molecule has 0 spiro atoms. The van der Waals surface area contributed by atoms with E-state index in [0.29, 0.717) is 36.6 Å². The lowest BCUT2D eigenvalue weighted by atomic mass is 10.1. The maximum atomic E-state index is 12.1. The van der Waals surface area contributed by atoms with Crippen LogP contribution in [-0.4, -0.2) is 37.2 Å². The number of nitrogens with zero attached hydrogens (tertiary/aromatic N) is 5. The number of hydrogen-bond donors (Lipinski definition) is 0. The molecule has 0 radical (unpaired) electrons. The molecule has 1 aliphatic rings. The van der Waals surface area contributed by atoms with Crippen molar-refractivity contribution in [1.82, 2.24) is 0 Å². The molecule has 1 heterocycles. The number of carbonyl (C=O) groups is 1. The van der Waals surface area contributed by atoms with Crippen LogP contribution < -0.4 is 4.90 Å². The number of carbonyl (C=O) groups excluding carboxylic acids is 1. The summed E-state index contributed by atoms with van der Waals surface area (Å²) in [6.07, 6.45) is 0.377. The van der Waals surface area contributed by atoms with Gasteiger partial charge in [0.05, 0.1) is 35.2 Å². The van der Waals surface area contributed by atoms with Gasteiger partial charge in [-0.05, 0) is 79.7 Å². The first-order valence-corrected chi connectivity index (χ1v) is 12.4. The number of ether oxygens (including phenoxy) is 1. The van der Waals surface area contributed by atoms with Crippen molar-refractivity contribution >= 4 is 46.0 Å². The van der Waals surface area contributed by atoms with Crippen molar-refractivity contribution < 1.29 is 9.53 Å². The second kappa shape index (κ2) is 12.2. The summed E-state index contributed by atoms with van der Waals surface area (Å²) in [6, 6.07) is 22.7. The van der Waals surface area contributed by atoms with Gasteiger partial charge in [-0.15, -0.1) is 11.8 Å². The van der Waals surface area contributed by atoms with Crippen LogP contribution in [0.1, 0.15) is 23.7 Å². The van der Waals surface area contributed by atoms with Crippen molar-refractivity contribution in [3.8, 4) is 0 Å². The summed E-state index contributed by atoms with van der Waals surface area (Å²) in [5, 5.41) is 17.1. The summed E-state index contributed by atoms with van der Waals surface area (Å²) in [4.78, 5) is 14.5. The third kappa shape index (κ3) is 6.82. The standard InChI is InChI=1S/C26H27N5O2S/c1-2-33-17-15-26(32)20-3-5-21(6-4-20)27-28-22-7-9-23(10-8-22)29-30-24-11-13-25(14-12-24)31-16-18-34-19-31/h3-14H,2,15-19H2,1H3. The van der Waals surface area contributed by atoms with Crippen LogP contribution in [0.25, 0.3) is 0 Å². The van der Waals surface area contributed by atoms with Crippen molar-refractivity contribution in [2.45, 2.75) is 13.3 Å². The van der Waals surface area contributed by atoms with Crippen molar-refractivity contribution in [2.75, 3.05) is 36.3 Å². The van der Waals surface area contributed by atoms with Crippen molar-refractivity contribution in [1.29, 1.82) is 0 Å². The molecule has 0 aliphatic carbocycles. The Balaban J connectivity index is 1.30. The zero-order valence-corrected chi connectivity index (χ0v) is 19.9. The Morgan fingerprint density at radius 1 is 0.824 bits per heavy atom. The van der Waals surface area contributed by atoms with Crippen LogP contribution in [0.3, 0.4) is 0 Å². The topological polar surface area (TPSA) is 79.0 Å². The number of hydrogen-bond acceptors (Lipinski definition) is 8. The van der Waals surface area contributed by atoms with E-state index in [2.05, 4.69) is 37.5 Å². The van der Waals surface area contributed by atoms with E-state index >= 15 is 0 Å². The monoisotopic (exact) mass is 473 g/mol. The minimum Gasteiger partial charge on any atom is -0.381 e. The van der Waals surface area contributed by atoms with Gasteiger partial charge in [-0.3, -0.25) is 4.79 Å². The van der Waals surface area contributed by atoms with E-state index in [1.165, 1.54) is 11.4 Å². The highest BCUT2D eigenvalue weighted by Gasteiger charge is 2.12. The number of Topliss-reactive ketones (excluding diaryl/α,β-unsaturated/α-hetero) is 1. The molecule has 1 saturated heterocycles. The number of ketones is 1. The molecule has 174 valence electrons. The predicted molar refractivity (Wildman–Crippen MR) is 138 cm³/mol. The lowest BCUT2D eigenvalue weighted by Gasteiger charge is -2.16. The number of azo groups is 2. The summed E-state index contributed by atoms with van der Waals surface area (Å²) in [5.74, 6) is 2.29. The van der Waals surface area contributed by atoms with Gasteiger partial charge in [0.1, 0.15) is 0 Å². The second-order valence-electron chi connectivity index (χ2n) is 7.65. The van der Waals surface area contributed by atoms with Crippen LogP contribution in [0.15, 0.2) is 93.3 Å². The van der Waals surface area contributed by atoms with E-state index in [-0.39, 0.29) is 5.78 Å². The van der Waals surface area contributed by atoms with E-state index in [1.54, 1.807) is 24.3 Å². The molecule has 0 amide bonds. The molecule has 0 bridgehead atoms. The fourth-order valence-electron chi connectivity index (χ4n) is 3.33. The zero-order chi connectivity index (χ0) is 23.6. The molecule has 7 nitrogen and oxygen atoms in total. The van der Waals surface area contributed by atoms with Gasteiger partial charge in [0.2, 0.25) is 0 Å². The molecule has 0 saturated carbocycles. The van der Waals surface area contributed by atoms with Crippen molar-refractivity contribution in [2.24, 2.45) is 20.5 Å². The number of anilines is 1.